The summed E-state index contributed by atoms with van der Waals surface area (Å²) in [6.45, 7) is 7.87. The Morgan fingerprint density at radius 3 is 2.67 bits per heavy atom. The first kappa shape index (κ1) is 19.0. The Morgan fingerprint density at radius 2 is 2.12 bits per heavy atom. The lowest BCUT2D eigenvalue weighted by atomic mass is 9.79. The van der Waals surface area contributed by atoms with Crippen LogP contribution < -0.4 is 10.6 Å². The molecular formula is C16H30N4O3S. The van der Waals surface area contributed by atoms with Gasteiger partial charge in [0, 0.05) is 45.1 Å². The van der Waals surface area contributed by atoms with E-state index in [0.717, 1.165) is 38.4 Å². The van der Waals surface area contributed by atoms with E-state index in [4.69, 9.17) is 0 Å². The summed E-state index contributed by atoms with van der Waals surface area (Å²) in [5.41, 5.74) is -0.00948. The molecule has 1 unspecified atom stereocenters. The summed E-state index contributed by atoms with van der Waals surface area (Å²) < 4.78 is 23.7. The van der Waals surface area contributed by atoms with Crippen molar-refractivity contribution in [3.8, 4) is 0 Å². The number of nitrogens with one attached hydrogen (secondary N) is 2. The third kappa shape index (κ3) is 4.20. The molecule has 2 aliphatic heterocycles. The van der Waals surface area contributed by atoms with Crippen LogP contribution in [0.5, 0.6) is 0 Å². The average Bonchev–Trinajstić information content (AvgIpc) is 2.83. The van der Waals surface area contributed by atoms with Crippen LogP contribution in [-0.4, -0.2) is 68.9 Å². The number of hydrogen-bond donors (Lipinski definition) is 2. The second-order valence-electron chi connectivity index (χ2n) is 7.88. The highest BCUT2D eigenvalue weighted by Gasteiger charge is 2.42. The van der Waals surface area contributed by atoms with Crippen molar-refractivity contribution in [1.29, 1.82) is 0 Å². The number of carbonyl (C=O) groups excluding carboxylic acids is 1. The summed E-state index contributed by atoms with van der Waals surface area (Å²) in [4.78, 5) is 18.0. The number of sulfone groups is 1. The number of rotatable bonds is 3. The predicted molar refractivity (Wildman–Crippen MR) is 95.8 cm³/mol. The fourth-order valence-electron chi connectivity index (χ4n) is 3.36. The molecule has 0 radical (unpaired) electrons. The molecule has 2 aliphatic rings. The maximum Gasteiger partial charge on any atom is 0.220 e. The Morgan fingerprint density at radius 1 is 1.42 bits per heavy atom. The molecule has 7 nitrogen and oxygen atoms in total. The van der Waals surface area contributed by atoms with E-state index in [0.29, 0.717) is 13.0 Å². The third-order valence-electron chi connectivity index (χ3n) is 4.96. The van der Waals surface area contributed by atoms with Crippen LogP contribution in [0.1, 0.15) is 40.0 Å². The van der Waals surface area contributed by atoms with Gasteiger partial charge in [0.1, 0.15) is 0 Å². The summed E-state index contributed by atoms with van der Waals surface area (Å²) in [7, 11) is -1.44. The normalized spacial score (nSPS) is 25.9. The number of hydrogen-bond acceptors (Lipinski definition) is 4. The topological polar surface area (TPSA) is 90.9 Å². The van der Waals surface area contributed by atoms with Gasteiger partial charge in [0.05, 0.1) is 10.5 Å². The van der Waals surface area contributed by atoms with E-state index in [1.54, 1.807) is 27.8 Å². The fraction of sp³-hybridized carbons (Fsp3) is 0.875. The lowest BCUT2D eigenvalue weighted by Gasteiger charge is -2.40. The van der Waals surface area contributed by atoms with Gasteiger partial charge in [-0.05, 0) is 33.6 Å². The first-order valence-corrected chi connectivity index (χ1v) is 10.2. The van der Waals surface area contributed by atoms with E-state index < -0.39 is 14.6 Å². The molecule has 1 atom stereocenters. The zero-order chi connectivity index (χ0) is 18.0. The van der Waals surface area contributed by atoms with E-state index in [2.05, 4.69) is 20.5 Å². The molecule has 2 rings (SSSR count). The molecule has 2 saturated heterocycles. The molecule has 0 aromatic carbocycles. The molecule has 0 aliphatic carbocycles. The molecule has 0 saturated carbocycles. The Balaban J connectivity index is 1.93. The van der Waals surface area contributed by atoms with Crippen LogP contribution in [0, 0.1) is 5.41 Å². The van der Waals surface area contributed by atoms with Gasteiger partial charge in [0.2, 0.25) is 5.91 Å². The fourth-order valence-corrected chi connectivity index (χ4v) is 4.35. The molecule has 0 bridgehead atoms. The molecule has 1 amide bonds. The number of guanidine groups is 1. The summed E-state index contributed by atoms with van der Waals surface area (Å²) >= 11 is 0. The second kappa shape index (κ2) is 6.90. The molecular weight excluding hydrogens is 328 g/mol. The lowest BCUT2D eigenvalue weighted by molar-refractivity contribution is -0.119. The molecule has 2 heterocycles. The molecule has 8 heteroatoms. The van der Waals surface area contributed by atoms with E-state index in [-0.39, 0.29) is 17.1 Å². The highest BCUT2D eigenvalue weighted by Crippen LogP contribution is 2.35. The van der Waals surface area contributed by atoms with Gasteiger partial charge in [-0.1, -0.05) is 0 Å². The first-order chi connectivity index (χ1) is 11.1. The van der Waals surface area contributed by atoms with Gasteiger partial charge >= 0.3 is 0 Å². The van der Waals surface area contributed by atoms with Gasteiger partial charge in [0.25, 0.3) is 0 Å². The SMILES string of the molecule is CN=C(NCCS(=O)(=O)C(C)(C)C)N1CCCC2(CNC(=O)C2)C1. The van der Waals surface area contributed by atoms with Crippen molar-refractivity contribution < 1.29 is 13.2 Å². The number of piperidine rings is 1. The van der Waals surface area contributed by atoms with Gasteiger partial charge < -0.3 is 15.5 Å². The van der Waals surface area contributed by atoms with Crippen molar-refractivity contribution in [1.82, 2.24) is 15.5 Å². The predicted octanol–water partition coefficient (Wildman–Crippen LogP) is 0.377. The summed E-state index contributed by atoms with van der Waals surface area (Å²) in [6, 6.07) is 0. The van der Waals surface area contributed by atoms with Crippen molar-refractivity contribution in [2.24, 2.45) is 10.4 Å². The third-order valence-corrected chi connectivity index (χ3v) is 7.56. The Bertz CT molecular complexity index is 609. The van der Waals surface area contributed by atoms with Gasteiger partial charge in [-0.3, -0.25) is 9.79 Å². The molecule has 0 aromatic rings. The van der Waals surface area contributed by atoms with Crippen molar-refractivity contribution >= 4 is 21.7 Å². The minimum absolute atomic E-state index is 0.00948. The molecule has 2 N–H and O–H groups in total. The lowest BCUT2D eigenvalue weighted by Crippen LogP contribution is -2.52. The zero-order valence-corrected chi connectivity index (χ0v) is 16.0. The second-order valence-corrected chi connectivity index (χ2v) is 10.7. The summed E-state index contributed by atoms with van der Waals surface area (Å²) in [5, 5.41) is 6.11. The Kier molecular flexibility index (Phi) is 5.47. The number of nitrogens with zero attached hydrogens (tertiary/aromatic N) is 2. The molecule has 2 fully saturated rings. The number of likely N-dealkylation sites (tertiary alicyclic amines) is 1. The van der Waals surface area contributed by atoms with E-state index in [9.17, 15) is 13.2 Å². The van der Waals surface area contributed by atoms with Crippen LogP contribution in [0.3, 0.4) is 0 Å². The standard InChI is InChI=1S/C16H30N4O3S/c1-15(2,3)24(22,23)9-7-18-14(17-4)20-8-5-6-16(12-20)10-13(21)19-11-16/h5-12H2,1-4H3,(H,17,18)(H,19,21). The first-order valence-electron chi connectivity index (χ1n) is 8.53. The van der Waals surface area contributed by atoms with Crippen LogP contribution in [-0.2, 0) is 14.6 Å². The maximum atomic E-state index is 12.2. The van der Waals surface area contributed by atoms with E-state index >= 15 is 0 Å². The van der Waals surface area contributed by atoms with Crippen LogP contribution in [0.2, 0.25) is 0 Å². The van der Waals surface area contributed by atoms with Crippen molar-refractivity contribution in [2.45, 2.75) is 44.8 Å². The van der Waals surface area contributed by atoms with Crippen molar-refractivity contribution in [3.63, 3.8) is 0 Å². The molecule has 0 aromatic heterocycles. The van der Waals surface area contributed by atoms with E-state index in [1.165, 1.54) is 0 Å². The molecule has 24 heavy (non-hydrogen) atoms. The molecule has 1 spiro atoms. The number of aliphatic imine (C=N–C) groups is 1. The van der Waals surface area contributed by atoms with Crippen LogP contribution in [0.4, 0.5) is 0 Å². The number of carbonyl (C=O) groups is 1. The van der Waals surface area contributed by atoms with Gasteiger partial charge in [-0.2, -0.15) is 0 Å². The minimum Gasteiger partial charge on any atom is -0.355 e. The van der Waals surface area contributed by atoms with Gasteiger partial charge in [0.15, 0.2) is 15.8 Å². The average molecular weight is 359 g/mol. The monoisotopic (exact) mass is 358 g/mol. The van der Waals surface area contributed by atoms with Crippen molar-refractivity contribution in [2.75, 3.05) is 39.0 Å². The Hall–Kier alpha value is -1.31. The quantitative estimate of drug-likeness (QED) is 0.562. The minimum atomic E-state index is -3.15. The zero-order valence-electron chi connectivity index (χ0n) is 15.2. The Labute approximate surface area is 145 Å². The smallest absolute Gasteiger partial charge is 0.220 e. The van der Waals surface area contributed by atoms with Crippen LogP contribution >= 0.6 is 0 Å². The van der Waals surface area contributed by atoms with Crippen LogP contribution in [0.15, 0.2) is 4.99 Å². The highest BCUT2D eigenvalue weighted by molar-refractivity contribution is 7.92. The largest absolute Gasteiger partial charge is 0.355 e. The number of amides is 1. The van der Waals surface area contributed by atoms with Gasteiger partial charge in [-0.15, -0.1) is 0 Å². The van der Waals surface area contributed by atoms with Crippen molar-refractivity contribution in [3.05, 3.63) is 0 Å². The highest BCUT2D eigenvalue weighted by atomic mass is 32.2. The van der Waals surface area contributed by atoms with Gasteiger partial charge in [-0.25, -0.2) is 8.42 Å². The van der Waals surface area contributed by atoms with E-state index in [1.807, 2.05) is 0 Å². The van der Waals surface area contributed by atoms with Crippen LogP contribution in [0.25, 0.3) is 0 Å². The summed E-state index contributed by atoms with van der Waals surface area (Å²) in [6.07, 6.45) is 2.62. The maximum absolute atomic E-state index is 12.2. The molecule has 138 valence electrons. The summed E-state index contributed by atoms with van der Waals surface area (Å²) in [5.74, 6) is 0.919.